The molecule has 94 valence electrons. The van der Waals surface area contributed by atoms with Crippen LogP contribution in [-0.2, 0) is 4.79 Å². The van der Waals surface area contributed by atoms with Crippen molar-refractivity contribution < 1.29 is 9.53 Å². The first-order chi connectivity index (χ1) is 8.52. The Morgan fingerprint density at radius 1 is 1.50 bits per heavy atom. The zero-order valence-electron chi connectivity index (χ0n) is 9.77. The molecule has 1 fully saturated rings. The topological polar surface area (TPSA) is 29.5 Å². The van der Waals surface area contributed by atoms with Gasteiger partial charge in [-0.1, -0.05) is 39.9 Å². The number of rotatable bonds is 2. The van der Waals surface area contributed by atoms with Gasteiger partial charge in [0.15, 0.2) is 0 Å². The Bertz CT molecular complexity index is 557. The summed E-state index contributed by atoms with van der Waals surface area (Å²) in [5.74, 6) is 0.645. The van der Waals surface area contributed by atoms with Crippen LogP contribution in [0.1, 0.15) is 5.56 Å². The van der Waals surface area contributed by atoms with E-state index in [-0.39, 0.29) is 5.91 Å². The third-order valence-corrected chi connectivity index (χ3v) is 4.44. The summed E-state index contributed by atoms with van der Waals surface area (Å²) in [4.78, 5) is 14.0. The molecule has 1 aliphatic rings. The van der Waals surface area contributed by atoms with Crippen molar-refractivity contribution in [3.05, 3.63) is 33.1 Å². The largest absolute Gasteiger partial charge is 0.496 e. The van der Waals surface area contributed by atoms with Gasteiger partial charge in [-0.3, -0.25) is 9.69 Å². The highest BCUT2D eigenvalue weighted by Gasteiger charge is 2.28. The van der Waals surface area contributed by atoms with Crippen molar-refractivity contribution >= 4 is 56.2 Å². The highest BCUT2D eigenvalue weighted by atomic mass is 79.9. The number of methoxy groups -OCH3 is 1. The minimum Gasteiger partial charge on any atom is -0.496 e. The molecule has 1 heterocycles. The summed E-state index contributed by atoms with van der Waals surface area (Å²) in [6.45, 7) is 0. The minimum absolute atomic E-state index is 0.0768. The average Bonchev–Trinajstić information content (AvgIpc) is 2.57. The highest BCUT2D eigenvalue weighted by molar-refractivity contribution is 9.10. The summed E-state index contributed by atoms with van der Waals surface area (Å²) in [7, 11) is 3.28. The molecule has 0 unspecified atom stereocenters. The molecule has 0 aliphatic carbocycles. The van der Waals surface area contributed by atoms with Crippen molar-refractivity contribution in [3.63, 3.8) is 0 Å². The predicted octanol–water partition coefficient (Wildman–Crippen LogP) is 3.29. The van der Waals surface area contributed by atoms with Crippen molar-refractivity contribution in [2.24, 2.45) is 0 Å². The number of carbonyl (C=O) groups is 1. The number of thioether (sulfide) groups is 1. The first-order valence-corrected chi connectivity index (χ1v) is 7.10. The smallest absolute Gasteiger partial charge is 0.265 e. The summed E-state index contributed by atoms with van der Waals surface area (Å²) in [6, 6.07) is 5.64. The number of halogens is 1. The van der Waals surface area contributed by atoms with E-state index in [0.29, 0.717) is 9.23 Å². The number of carbonyl (C=O) groups excluding carboxylic acids is 1. The van der Waals surface area contributed by atoms with Gasteiger partial charge in [0, 0.05) is 17.1 Å². The summed E-state index contributed by atoms with van der Waals surface area (Å²) < 4.78 is 6.77. The molecule has 3 nitrogen and oxygen atoms in total. The van der Waals surface area contributed by atoms with Crippen LogP contribution in [0.15, 0.2) is 27.6 Å². The molecule has 1 amide bonds. The highest BCUT2D eigenvalue weighted by Crippen LogP contribution is 2.34. The lowest BCUT2D eigenvalue weighted by Crippen LogP contribution is -2.22. The number of nitrogens with zero attached hydrogens (tertiary/aromatic N) is 1. The van der Waals surface area contributed by atoms with E-state index in [9.17, 15) is 4.79 Å². The van der Waals surface area contributed by atoms with Crippen molar-refractivity contribution in [1.82, 2.24) is 4.90 Å². The maximum Gasteiger partial charge on any atom is 0.265 e. The fourth-order valence-electron chi connectivity index (χ4n) is 1.50. The standard InChI is InChI=1S/C12H10BrNO2S2/c1-14-11(15)10(18-12(14)17)6-7-5-8(13)3-4-9(7)16-2/h3-6H,1-2H3/b10-6-. The zero-order valence-corrected chi connectivity index (χ0v) is 13.0. The van der Waals surface area contributed by atoms with Gasteiger partial charge in [0.05, 0.1) is 12.0 Å². The molecule has 0 radical (unpaired) electrons. The third kappa shape index (κ3) is 2.60. The fraction of sp³-hybridized carbons (Fsp3) is 0.167. The lowest BCUT2D eigenvalue weighted by atomic mass is 10.2. The molecule has 1 aliphatic heterocycles. The Morgan fingerprint density at radius 2 is 2.22 bits per heavy atom. The predicted molar refractivity (Wildman–Crippen MR) is 81.6 cm³/mol. The molecule has 18 heavy (non-hydrogen) atoms. The monoisotopic (exact) mass is 343 g/mol. The Hall–Kier alpha value is -0.850. The molecule has 1 saturated heterocycles. The lowest BCUT2D eigenvalue weighted by molar-refractivity contribution is -0.121. The Kier molecular flexibility index (Phi) is 4.09. The summed E-state index contributed by atoms with van der Waals surface area (Å²) in [6.07, 6.45) is 1.80. The Balaban J connectivity index is 2.42. The van der Waals surface area contributed by atoms with Crippen LogP contribution in [0, 0.1) is 0 Å². The van der Waals surface area contributed by atoms with Gasteiger partial charge in [-0.25, -0.2) is 0 Å². The molecule has 0 bridgehead atoms. The van der Waals surface area contributed by atoms with E-state index in [1.54, 1.807) is 20.2 Å². The summed E-state index contributed by atoms with van der Waals surface area (Å²) >= 11 is 9.79. The van der Waals surface area contributed by atoms with Gasteiger partial charge >= 0.3 is 0 Å². The number of hydrogen-bond acceptors (Lipinski definition) is 4. The van der Waals surface area contributed by atoms with Crippen molar-refractivity contribution in [1.29, 1.82) is 0 Å². The average molecular weight is 344 g/mol. The quantitative estimate of drug-likeness (QED) is 0.608. The van der Waals surface area contributed by atoms with Crippen LogP contribution in [0.3, 0.4) is 0 Å². The minimum atomic E-state index is -0.0768. The second kappa shape index (κ2) is 5.42. The first-order valence-electron chi connectivity index (χ1n) is 5.08. The second-order valence-electron chi connectivity index (χ2n) is 3.63. The van der Waals surface area contributed by atoms with Gasteiger partial charge in [0.1, 0.15) is 10.1 Å². The molecular formula is C12H10BrNO2S2. The third-order valence-electron chi connectivity index (χ3n) is 2.46. The number of likely N-dealkylation sites (N-methyl/N-ethyl adjacent to an activating group) is 1. The van der Waals surface area contributed by atoms with Crippen LogP contribution in [0.25, 0.3) is 6.08 Å². The van der Waals surface area contributed by atoms with E-state index in [1.807, 2.05) is 18.2 Å². The van der Waals surface area contributed by atoms with E-state index in [4.69, 9.17) is 17.0 Å². The van der Waals surface area contributed by atoms with Gasteiger partial charge in [0.2, 0.25) is 0 Å². The number of hydrogen-bond donors (Lipinski definition) is 0. The summed E-state index contributed by atoms with van der Waals surface area (Å²) in [5.41, 5.74) is 0.848. The SMILES string of the molecule is COc1ccc(Br)cc1/C=C1\SC(=S)N(C)C1=O. The van der Waals surface area contributed by atoms with Gasteiger partial charge in [-0.2, -0.15) is 0 Å². The van der Waals surface area contributed by atoms with E-state index >= 15 is 0 Å². The van der Waals surface area contributed by atoms with Gasteiger partial charge in [-0.15, -0.1) is 0 Å². The zero-order chi connectivity index (χ0) is 13.3. The van der Waals surface area contributed by atoms with E-state index in [1.165, 1.54) is 16.7 Å². The van der Waals surface area contributed by atoms with E-state index in [0.717, 1.165) is 15.8 Å². The molecule has 0 aromatic heterocycles. The maximum absolute atomic E-state index is 11.9. The molecule has 0 atom stereocenters. The number of ether oxygens (including phenoxy) is 1. The molecule has 0 saturated carbocycles. The van der Waals surface area contributed by atoms with Crippen molar-refractivity contribution in [3.8, 4) is 5.75 Å². The number of amides is 1. The molecule has 0 N–H and O–H groups in total. The van der Waals surface area contributed by atoms with Gasteiger partial charge < -0.3 is 4.74 Å². The maximum atomic E-state index is 11.9. The molecule has 2 rings (SSSR count). The Labute approximate surface area is 123 Å². The summed E-state index contributed by atoms with van der Waals surface area (Å²) in [5, 5.41) is 0. The van der Waals surface area contributed by atoms with Crippen LogP contribution in [0.4, 0.5) is 0 Å². The normalized spacial score (nSPS) is 17.7. The van der Waals surface area contributed by atoms with Crippen LogP contribution in [-0.4, -0.2) is 29.3 Å². The van der Waals surface area contributed by atoms with Crippen LogP contribution in [0.2, 0.25) is 0 Å². The van der Waals surface area contributed by atoms with Crippen LogP contribution in [0.5, 0.6) is 5.75 Å². The van der Waals surface area contributed by atoms with Crippen molar-refractivity contribution in [2.75, 3.05) is 14.2 Å². The molecular weight excluding hydrogens is 334 g/mol. The Morgan fingerprint density at radius 3 is 2.78 bits per heavy atom. The molecule has 0 spiro atoms. The molecule has 1 aromatic carbocycles. The van der Waals surface area contributed by atoms with E-state index in [2.05, 4.69) is 15.9 Å². The second-order valence-corrected chi connectivity index (χ2v) is 6.22. The fourth-order valence-corrected chi connectivity index (χ4v) is 3.05. The first kappa shape index (κ1) is 13.6. The van der Waals surface area contributed by atoms with Gasteiger partial charge in [0.25, 0.3) is 5.91 Å². The molecule has 1 aromatic rings. The lowest BCUT2D eigenvalue weighted by Gasteiger charge is -2.06. The molecule has 6 heteroatoms. The number of thiocarbonyl (C=S) groups is 1. The van der Waals surface area contributed by atoms with Crippen LogP contribution >= 0.6 is 39.9 Å². The van der Waals surface area contributed by atoms with Crippen LogP contribution < -0.4 is 4.74 Å². The van der Waals surface area contributed by atoms with E-state index < -0.39 is 0 Å². The number of benzene rings is 1. The van der Waals surface area contributed by atoms with Gasteiger partial charge in [-0.05, 0) is 24.3 Å². The van der Waals surface area contributed by atoms with Crippen molar-refractivity contribution in [2.45, 2.75) is 0 Å².